The smallest absolute Gasteiger partial charge is 0.239 e. The maximum atomic E-state index is 12.0. The minimum Gasteiger partial charge on any atom is -0.353 e. The molecule has 2 N–H and O–H groups in total. The molecule has 128 valence electrons. The Morgan fingerprint density at radius 3 is 2.52 bits per heavy atom. The second-order valence-electron chi connectivity index (χ2n) is 7.01. The Hall–Kier alpha value is -1.40. The molecule has 1 fully saturated rings. The third kappa shape index (κ3) is 5.32. The first-order valence-electron chi connectivity index (χ1n) is 8.20. The SMILES string of the molecule is CC(C)(C)C(=O)NCC(=O)NCC(c1cccs1)N1CCCC1. The van der Waals surface area contributed by atoms with Gasteiger partial charge in [-0.1, -0.05) is 26.8 Å². The summed E-state index contributed by atoms with van der Waals surface area (Å²) in [4.78, 5) is 27.5. The predicted octanol–water partition coefficient (Wildman–Crippen LogP) is 2.16. The molecule has 0 aromatic carbocycles. The van der Waals surface area contributed by atoms with Gasteiger partial charge in [-0.2, -0.15) is 0 Å². The molecule has 2 amide bonds. The highest BCUT2D eigenvalue weighted by Gasteiger charge is 2.25. The van der Waals surface area contributed by atoms with Gasteiger partial charge in [0.1, 0.15) is 0 Å². The molecule has 1 aliphatic rings. The molecule has 23 heavy (non-hydrogen) atoms. The molecule has 1 aromatic heterocycles. The minimum atomic E-state index is -0.477. The van der Waals surface area contributed by atoms with Crippen molar-refractivity contribution < 1.29 is 9.59 Å². The van der Waals surface area contributed by atoms with Gasteiger partial charge in [0.05, 0.1) is 12.6 Å². The van der Waals surface area contributed by atoms with E-state index in [0.717, 1.165) is 13.1 Å². The average Bonchev–Trinajstić information content (AvgIpc) is 3.17. The van der Waals surface area contributed by atoms with Crippen LogP contribution in [0.25, 0.3) is 0 Å². The van der Waals surface area contributed by atoms with Gasteiger partial charge in [0, 0.05) is 16.8 Å². The van der Waals surface area contributed by atoms with Gasteiger partial charge in [-0.3, -0.25) is 14.5 Å². The molecular formula is C17H27N3O2S. The van der Waals surface area contributed by atoms with Gasteiger partial charge < -0.3 is 10.6 Å². The molecular weight excluding hydrogens is 310 g/mol. The lowest BCUT2D eigenvalue weighted by Crippen LogP contribution is -2.44. The van der Waals surface area contributed by atoms with Crippen LogP contribution in [0.5, 0.6) is 0 Å². The normalized spacial score (nSPS) is 17.0. The van der Waals surface area contributed by atoms with Crippen molar-refractivity contribution in [3.05, 3.63) is 22.4 Å². The Kier molecular flexibility index (Phi) is 6.18. The zero-order valence-electron chi connectivity index (χ0n) is 14.2. The van der Waals surface area contributed by atoms with Crippen molar-refractivity contribution in [3.63, 3.8) is 0 Å². The standard InChI is InChI=1S/C17H27N3O2S/c1-17(2,3)16(22)19-12-15(21)18-11-13(14-7-6-10-23-14)20-8-4-5-9-20/h6-7,10,13H,4-5,8-9,11-12H2,1-3H3,(H,18,21)(H,19,22). The van der Waals surface area contributed by atoms with Crippen molar-refractivity contribution in [3.8, 4) is 0 Å². The van der Waals surface area contributed by atoms with Gasteiger partial charge >= 0.3 is 0 Å². The van der Waals surface area contributed by atoms with Crippen LogP contribution < -0.4 is 10.6 Å². The molecule has 1 aromatic rings. The van der Waals surface area contributed by atoms with Crippen LogP contribution in [0.4, 0.5) is 0 Å². The first kappa shape index (κ1) is 17.9. The Balaban J connectivity index is 1.84. The maximum absolute atomic E-state index is 12.0. The van der Waals surface area contributed by atoms with Gasteiger partial charge in [-0.05, 0) is 37.4 Å². The van der Waals surface area contributed by atoms with E-state index in [9.17, 15) is 9.59 Å². The van der Waals surface area contributed by atoms with Crippen molar-refractivity contribution >= 4 is 23.2 Å². The zero-order valence-corrected chi connectivity index (χ0v) is 15.0. The number of nitrogens with one attached hydrogen (secondary N) is 2. The summed E-state index contributed by atoms with van der Waals surface area (Å²) in [6.07, 6.45) is 2.44. The van der Waals surface area contributed by atoms with Gasteiger partial charge in [-0.15, -0.1) is 11.3 Å². The molecule has 1 atom stereocenters. The van der Waals surface area contributed by atoms with Crippen LogP contribution >= 0.6 is 11.3 Å². The van der Waals surface area contributed by atoms with E-state index in [1.807, 2.05) is 20.8 Å². The van der Waals surface area contributed by atoms with Crippen molar-refractivity contribution in [2.45, 2.75) is 39.7 Å². The van der Waals surface area contributed by atoms with Crippen LogP contribution in [0.3, 0.4) is 0 Å². The molecule has 6 heteroatoms. The minimum absolute atomic E-state index is 0.0350. The van der Waals surface area contributed by atoms with Crippen LogP contribution in [-0.4, -0.2) is 42.9 Å². The molecule has 0 spiro atoms. The second-order valence-corrected chi connectivity index (χ2v) is 7.99. The Labute approximate surface area is 142 Å². The van der Waals surface area contributed by atoms with E-state index in [2.05, 4.69) is 33.0 Å². The predicted molar refractivity (Wildman–Crippen MR) is 93.3 cm³/mol. The van der Waals surface area contributed by atoms with Crippen molar-refractivity contribution in [2.24, 2.45) is 5.41 Å². The number of amides is 2. The number of hydrogen-bond donors (Lipinski definition) is 2. The van der Waals surface area contributed by atoms with Crippen molar-refractivity contribution in [1.82, 2.24) is 15.5 Å². The maximum Gasteiger partial charge on any atom is 0.239 e. The van der Waals surface area contributed by atoms with Crippen LogP contribution in [0.1, 0.15) is 44.5 Å². The van der Waals surface area contributed by atoms with E-state index in [1.165, 1.54) is 17.7 Å². The van der Waals surface area contributed by atoms with Gasteiger partial charge in [-0.25, -0.2) is 0 Å². The number of nitrogens with zero attached hydrogens (tertiary/aromatic N) is 1. The van der Waals surface area contributed by atoms with Crippen LogP contribution in [0.15, 0.2) is 17.5 Å². The molecule has 1 unspecified atom stereocenters. The fourth-order valence-electron chi connectivity index (χ4n) is 2.64. The summed E-state index contributed by atoms with van der Waals surface area (Å²) in [5.74, 6) is -0.245. The summed E-state index contributed by atoms with van der Waals surface area (Å²) >= 11 is 1.73. The largest absolute Gasteiger partial charge is 0.353 e. The molecule has 2 heterocycles. The van der Waals surface area contributed by atoms with Crippen molar-refractivity contribution in [2.75, 3.05) is 26.2 Å². The molecule has 1 saturated heterocycles. The Morgan fingerprint density at radius 1 is 1.26 bits per heavy atom. The van der Waals surface area contributed by atoms with Gasteiger partial charge in [0.2, 0.25) is 11.8 Å². The van der Waals surface area contributed by atoms with Crippen molar-refractivity contribution in [1.29, 1.82) is 0 Å². The lowest BCUT2D eigenvalue weighted by Gasteiger charge is -2.27. The number of carbonyl (C=O) groups is 2. The topological polar surface area (TPSA) is 61.4 Å². The quantitative estimate of drug-likeness (QED) is 0.836. The van der Waals surface area contributed by atoms with Crippen LogP contribution in [0.2, 0.25) is 0 Å². The van der Waals surface area contributed by atoms with Gasteiger partial charge in [0.25, 0.3) is 0 Å². The number of hydrogen-bond acceptors (Lipinski definition) is 4. The van der Waals surface area contributed by atoms with E-state index >= 15 is 0 Å². The molecule has 0 bridgehead atoms. The summed E-state index contributed by atoms with van der Waals surface area (Å²) in [6, 6.07) is 4.41. The third-order valence-electron chi connectivity index (χ3n) is 4.04. The molecule has 0 saturated carbocycles. The molecule has 0 aliphatic carbocycles. The molecule has 0 radical (unpaired) electrons. The first-order chi connectivity index (χ1) is 10.9. The fraction of sp³-hybridized carbons (Fsp3) is 0.647. The number of carbonyl (C=O) groups excluding carboxylic acids is 2. The zero-order chi connectivity index (χ0) is 16.9. The summed E-state index contributed by atoms with van der Waals surface area (Å²) in [6.45, 7) is 8.29. The van der Waals surface area contributed by atoms with Crippen LogP contribution in [0, 0.1) is 5.41 Å². The average molecular weight is 337 g/mol. The lowest BCUT2D eigenvalue weighted by molar-refractivity contribution is -0.131. The summed E-state index contributed by atoms with van der Waals surface area (Å²) in [5.41, 5.74) is -0.477. The van der Waals surface area contributed by atoms with Gasteiger partial charge in [0.15, 0.2) is 0 Å². The summed E-state index contributed by atoms with van der Waals surface area (Å²) in [5, 5.41) is 7.73. The molecule has 5 nitrogen and oxygen atoms in total. The highest BCUT2D eigenvalue weighted by Crippen LogP contribution is 2.27. The Morgan fingerprint density at radius 2 is 1.96 bits per heavy atom. The summed E-state index contributed by atoms with van der Waals surface area (Å²) < 4.78 is 0. The highest BCUT2D eigenvalue weighted by atomic mass is 32.1. The summed E-state index contributed by atoms with van der Waals surface area (Å²) in [7, 11) is 0. The Bertz CT molecular complexity index is 516. The van der Waals surface area contributed by atoms with E-state index in [1.54, 1.807) is 11.3 Å². The van der Waals surface area contributed by atoms with Crippen LogP contribution in [-0.2, 0) is 9.59 Å². The van der Waals surface area contributed by atoms with E-state index in [4.69, 9.17) is 0 Å². The highest BCUT2D eigenvalue weighted by molar-refractivity contribution is 7.10. The number of likely N-dealkylation sites (tertiary alicyclic amines) is 1. The van der Waals surface area contributed by atoms with E-state index < -0.39 is 5.41 Å². The molecule has 1 aliphatic heterocycles. The first-order valence-corrected chi connectivity index (χ1v) is 9.08. The van der Waals surface area contributed by atoms with E-state index in [-0.39, 0.29) is 24.4 Å². The van der Waals surface area contributed by atoms with E-state index in [0.29, 0.717) is 6.54 Å². The number of rotatable bonds is 6. The second kappa shape index (κ2) is 7.93. The lowest BCUT2D eigenvalue weighted by atomic mass is 9.96. The molecule has 2 rings (SSSR count). The third-order valence-corrected chi connectivity index (χ3v) is 5.01. The number of thiophene rings is 1. The fourth-order valence-corrected chi connectivity index (χ4v) is 3.50. The monoisotopic (exact) mass is 337 g/mol.